The van der Waals surface area contributed by atoms with Gasteiger partial charge in [-0.3, -0.25) is 0 Å². The quantitative estimate of drug-likeness (QED) is 0.443. The second kappa shape index (κ2) is 3.86. The summed E-state index contributed by atoms with van der Waals surface area (Å²) in [5.74, 6) is 0. The van der Waals surface area contributed by atoms with Gasteiger partial charge in [-0.2, -0.15) is 0 Å². The Bertz CT molecular complexity index is 118. The van der Waals surface area contributed by atoms with Crippen LogP contribution in [0.4, 0.5) is 0 Å². The van der Waals surface area contributed by atoms with Crippen LogP contribution in [0.25, 0.3) is 0 Å². The van der Waals surface area contributed by atoms with Crippen LogP contribution in [0.1, 0.15) is 0 Å². The van der Waals surface area contributed by atoms with Gasteiger partial charge in [0.1, 0.15) is 0 Å². The first-order valence-corrected chi connectivity index (χ1v) is 3.34. The second-order valence-electron chi connectivity index (χ2n) is 0.976. The van der Waals surface area contributed by atoms with Crippen molar-refractivity contribution in [3.63, 3.8) is 0 Å². The zero-order valence-corrected chi connectivity index (χ0v) is 4.54. The molecule has 0 unspecified atom stereocenters. The summed E-state index contributed by atoms with van der Waals surface area (Å²) in [5, 5.41) is 0. The Kier molecular flexibility index (Phi) is 5.96. The van der Waals surface area contributed by atoms with Crippen molar-refractivity contribution in [2.24, 2.45) is 0 Å². The van der Waals surface area contributed by atoms with E-state index in [4.69, 9.17) is 0 Å². The van der Waals surface area contributed by atoms with Gasteiger partial charge in [0.05, 0.1) is 6.26 Å². The average Bonchev–Trinajstić information content (AvgIpc) is 1.35. The summed E-state index contributed by atoms with van der Waals surface area (Å²) in [7, 11) is -1.54. The van der Waals surface area contributed by atoms with Crippen molar-refractivity contribution in [1.82, 2.24) is 4.72 Å². The fourth-order valence-electron chi connectivity index (χ4n) is 0. The second-order valence-corrected chi connectivity index (χ2v) is 2.93. The monoisotopic (exact) mass is 133 g/mol. The van der Waals surface area contributed by atoms with Crippen molar-refractivity contribution < 1.29 is 8.42 Å². The normalized spacial score (nSPS) is 10.0. The maximum atomic E-state index is 9.89. The van der Waals surface area contributed by atoms with Crippen LogP contribution in [0, 0.1) is 0 Å². The first-order chi connectivity index (χ1) is 2.56. The summed E-state index contributed by atoms with van der Waals surface area (Å²) in [5.41, 5.74) is 0. The topological polar surface area (TPSA) is 46.2 Å². The summed E-state index contributed by atoms with van der Waals surface area (Å²) >= 11 is 0. The molecule has 0 spiro atoms. The predicted octanol–water partition coefficient (Wildman–Crippen LogP) is -1.48. The summed E-state index contributed by atoms with van der Waals surface area (Å²) in [6.45, 7) is 0. The molecule has 0 aromatic carbocycles. The molecule has 0 bridgehead atoms. The van der Waals surface area contributed by atoms with E-state index in [1.807, 2.05) is 0 Å². The SMILES string of the molecule is CNS(C)(=O)=O.[NaH]. The van der Waals surface area contributed by atoms with E-state index in [-0.39, 0.29) is 29.6 Å². The Morgan fingerprint density at radius 3 is 1.57 bits per heavy atom. The van der Waals surface area contributed by atoms with Gasteiger partial charge < -0.3 is 0 Å². The van der Waals surface area contributed by atoms with Crippen molar-refractivity contribution >= 4 is 39.6 Å². The maximum absolute atomic E-state index is 9.89. The standard InChI is InChI=1S/C2H7NO2S.Na.H/c1-3-6(2,4)5;;/h3H,1-2H3;;. The molecule has 3 nitrogen and oxygen atoms in total. The summed E-state index contributed by atoms with van der Waals surface area (Å²) in [6, 6.07) is 0. The minimum atomic E-state index is -2.91. The number of rotatable bonds is 1. The van der Waals surface area contributed by atoms with Gasteiger partial charge in [0.15, 0.2) is 0 Å². The Balaban J connectivity index is 0. The van der Waals surface area contributed by atoms with Crippen LogP contribution in [0.5, 0.6) is 0 Å². The van der Waals surface area contributed by atoms with Crippen LogP contribution in [0.15, 0.2) is 0 Å². The van der Waals surface area contributed by atoms with Crippen molar-refractivity contribution in [2.45, 2.75) is 0 Å². The van der Waals surface area contributed by atoms with Crippen molar-refractivity contribution in [3.8, 4) is 0 Å². The van der Waals surface area contributed by atoms with E-state index < -0.39 is 10.0 Å². The molecule has 0 heterocycles. The third kappa shape index (κ3) is 10.9. The molecule has 0 atom stereocenters. The molecule has 7 heavy (non-hydrogen) atoms. The number of hydrogen-bond acceptors (Lipinski definition) is 2. The van der Waals surface area contributed by atoms with Crippen LogP contribution in [0.2, 0.25) is 0 Å². The molecular weight excluding hydrogens is 125 g/mol. The van der Waals surface area contributed by atoms with E-state index in [2.05, 4.69) is 4.72 Å². The van der Waals surface area contributed by atoms with Crippen molar-refractivity contribution in [2.75, 3.05) is 13.3 Å². The van der Waals surface area contributed by atoms with Gasteiger partial charge in [-0.25, -0.2) is 13.1 Å². The molecule has 0 aliphatic carbocycles. The number of nitrogens with one attached hydrogen (secondary N) is 1. The number of hydrogen-bond donors (Lipinski definition) is 1. The molecule has 1 N–H and O–H groups in total. The molecule has 0 aromatic rings. The third-order valence-electron chi connectivity index (χ3n) is 0.371. The number of sulfonamides is 1. The van der Waals surface area contributed by atoms with Gasteiger partial charge in [0.2, 0.25) is 10.0 Å². The summed E-state index contributed by atoms with van der Waals surface area (Å²) in [4.78, 5) is 0. The Morgan fingerprint density at radius 1 is 1.43 bits per heavy atom. The van der Waals surface area contributed by atoms with Crippen LogP contribution >= 0.6 is 0 Å². The average molecular weight is 133 g/mol. The molecule has 0 aliphatic rings. The van der Waals surface area contributed by atoms with Gasteiger partial charge in [0, 0.05) is 0 Å². The molecule has 0 saturated heterocycles. The molecule has 0 rings (SSSR count). The Morgan fingerprint density at radius 2 is 1.57 bits per heavy atom. The van der Waals surface area contributed by atoms with E-state index in [1.54, 1.807) is 0 Å². The fraction of sp³-hybridized carbons (Fsp3) is 1.00. The summed E-state index contributed by atoms with van der Waals surface area (Å²) in [6.07, 6.45) is 1.10. The van der Waals surface area contributed by atoms with E-state index in [0.29, 0.717) is 0 Å². The van der Waals surface area contributed by atoms with E-state index in [0.717, 1.165) is 6.26 Å². The van der Waals surface area contributed by atoms with Crippen molar-refractivity contribution in [1.29, 1.82) is 0 Å². The fourth-order valence-corrected chi connectivity index (χ4v) is 0. The van der Waals surface area contributed by atoms with Crippen LogP contribution in [-0.4, -0.2) is 51.3 Å². The van der Waals surface area contributed by atoms with Gasteiger partial charge in [-0.15, -0.1) is 0 Å². The molecule has 0 saturated carbocycles. The molecule has 0 aromatic heterocycles. The van der Waals surface area contributed by atoms with Crippen LogP contribution in [-0.2, 0) is 10.0 Å². The van der Waals surface area contributed by atoms with Crippen LogP contribution < -0.4 is 4.72 Å². The molecular formula is C2H8NNaO2S. The minimum absolute atomic E-state index is 0. The van der Waals surface area contributed by atoms with Gasteiger partial charge >= 0.3 is 29.6 Å². The van der Waals surface area contributed by atoms with E-state index in [1.165, 1.54) is 7.05 Å². The zero-order chi connectivity index (χ0) is 5.21. The van der Waals surface area contributed by atoms with Gasteiger partial charge in [-0.1, -0.05) is 0 Å². The van der Waals surface area contributed by atoms with Crippen molar-refractivity contribution in [3.05, 3.63) is 0 Å². The van der Waals surface area contributed by atoms with E-state index >= 15 is 0 Å². The first-order valence-electron chi connectivity index (χ1n) is 1.45. The zero-order valence-electron chi connectivity index (χ0n) is 3.72. The molecule has 0 amide bonds. The van der Waals surface area contributed by atoms with Gasteiger partial charge in [-0.05, 0) is 7.05 Å². The van der Waals surface area contributed by atoms with E-state index in [9.17, 15) is 8.42 Å². The molecule has 0 radical (unpaired) electrons. The predicted molar refractivity (Wildman–Crippen MR) is 31.1 cm³/mol. The molecule has 0 fully saturated rings. The summed E-state index contributed by atoms with van der Waals surface area (Å²) < 4.78 is 21.9. The third-order valence-corrected chi connectivity index (χ3v) is 1.11. The first kappa shape index (κ1) is 10.8. The van der Waals surface area contributed by atoms with Gasteiger partial charge in [0.25, 0.3) is 0 Å². The Hall–Kier alpha value is 0.910. The molecule has 5 heteroatoms. The van der Waals surface area contributed by atoms with Crippen LogP contribution in [0.3, 0.4) is 0 Å². The molecule has 40 valence electrons. The Labute approximate surface area is 65.8 Å². The molecule has 0 aliphatic heterocycles.